The molecule has 0 saturated heterocycles. The summed E-state index contributed by atoms with van der Waals surface area (Å²) in [6, 6.07) is 5.28. The zero-order chi connectivity index (χ0) is 10.6. The minimum atomic E-state index is -0.232. The second-order valence-electron chi connectivity index (χ2n) is 3.08. The van der Waals surface area contributed by atoms with Crippen molar-refractivity contribution in [2.45, 2.75) is 13.8 Å². The maximum absolute atomic E-state index is 11.2. The number of amides is 2. The zero-order valence-corrected chi connectivity index (χ0v) is 8.42. The molecule has 0 heterocycles. The van der Waals surface area contributed by atoms with Crippen LogP contribution in [0.3, 0.4) is 0 Å². The van der Waals surface area contributed by atoms with Gasteiger partial charge in [0.1, 0.15) is 0 Å². The van der Waals surface area contributed by atoms with Crippen LogP contribution in [0.4, 0.5) is 16.2 Å². The number of anilines is 2. The molecule has 0 unspecified atom stereocenters. The van der Waals surface area contributed by atoms with E-state index in [4.69, 9.17) is 5.73 Å². The molecule has 1 aromatic carbocycles. The fourth-order valence-electron chi connectivity index (χ4n) is 1.11. The van der Waals surface area contributed by atoms with Crippen LogP contribution in [0.15, 0.2) is 18.2 Å². The SMILES string of the molecule is CCNC(=O)Nc1cc(C)ccc1N. The van der Waals surface area contributed by atoms with Crippen LogP contribution in [0.5, 0.6) is 0 Å². The molecule has 4 heteroatoms. The highest BCUT2D eigenvalue weighted by molar-refractivity contribution is 5.92. The third kappa shape index (κ3) is 2.65. The highest BCUT2D eigenvalue weighted by Gasteiger charge is 2.03. The fraction of sp³-hybridized carbons (Fsp3) is 0.300. The lowest BCUT2D eigenvalue weighted by Gasteiger charge is -2.09. The Kier molecular flexibility index (Phi) is 3.34. The standard InChI is InChI=1S/C10H15N3O/c1-3-12-10(14)13-9-6-7(2)4-5-8(9)11/h4-6H,3,11H2,1-2H3,(H2,12,13,14). The molecule has 0 saturated carbocycles. The molecule has 1 rings (SSSR count). The average Bonchev–Trinajstić information content (AvgIpc) is 2.12. The second kappa shape index (κ2) is 4.50. The van der Waals surface area contributed by atoms with Crippen LogP contribution in [-0.4, -0.2) is 12.6 Å². The van der Waals surface area contributed by atoms with Gasteiger partial charge in [-0.1, -0.05) is 6.07 Å². The summed E-state index contributed by atoms with van der Waals surface area (Å²) in [6.45, 7) is 4.40. The third-order valence-corrected chi connectivity index (χ3v) is 1.79. The lowest BCUT2D eigenvalue weighted by molar-refractivity contribution is 0.252. The molecule has 0 aromatic heterocycles. The van der Waals surface area contributed by atoms with Crippen LogP contribution >= 0.6 is 0 Å². The van der Waals surface area contributed by atoms with Gasteiger partial charge in [-0.25, -0.2) is 4.79 Å². The van der Waals surface area contributed by atoms with Crippen LogP contribution in [-0.2, 0) is 0 Å². The molecule has 0 atom stereocenters. The van der Waals surface area contributed by atoms with Gasteiger partial charge in [-0.05, 0) is 31.5 Å². The van der Waals surface area contributed by atoms with Gasteiger partial charge in [0.25, 0.3) is 0 Å². The lowest BCUT2D eigenvalue weighted by Crippen LogP contribution is -2.28. The zero-order valence-electron chi connectivity index (χ0n) is 8.42. The van der Waals surface area contributed by atoms with E-state index < -0.39 is 0 Å². The quantitative estimate of drug-likeness (QED) is 0.626. The molecule has 0 aliphatic rings. The van der Waals surface area contributed by atoms with Crippen LogP contribution < -0.4 is 16.4 Å². The smallest absolute Gasteiger partial charge is 0.319 e. The van der Waals surface area contributed by atoms with Gasteiger partial charge in [-0.15, -0.1) is 0 Å². The minimum Gasteiger partial charge on any atom is -0.397 e. The Bertz CT molecular complexity index is 336. The van der Waals surface area contributed by atoms with Gasteiger partial charge in [0.15, 0.2) is 0 Å². The molecule has 1 aromatic rings. The molecular formula is C10H15N3O. The van der Waals surface area contributed by atoms with E-state index in [1.165, 1.54) is 0 Å². The summed E-state index contributed by atoms with van der Waals surface area (Å²) in [6.07, 6.45) is 0. The van der Waals surface area contributed by atoms with Gasteiger partial charge in [0.2, 0.25) is 0 Å². The Morgan fingerprint density at radius 3 is 2.86 bits per heavy atom. The van der Waals surface area contributed by atoms with E-state index in [0.29, 0.717) is 17.9 Å². The number of hydrogen-bond acceptors (Lipinski definition) is 2. The van der Waals surface area contributed by atoms with E-state index in [-0.39, 0.29) is 6.03 Å². The number of urea groups is 1. The van der Waals surface area contributed by atoms with Crippen molar-refractivity contribution < 1.29 is 4.79 Å². The van der Waals surface area contributed by atoms with Crippen molar-refractivity contribution in [3.63, 3.8) is 0 Å². The predicted octanol–water partition coefficient (Wildman–Crippen LogP) is 1.72. The largest absolute Gasteiger partial charge is 0.397 e. The number of aryl methyl sites for hydroxylation is 1. The van der Waals surface area contributed by atoms with Gasteiger partial charge < -0.3 is 16.4 Å². The molecular weight excluding hydrogens is 178 g/mol. The maximum Gasteiger partial charge on any atom is 0.319 e. The number of hydrogen-bond donors (Lipinski definition) is 3. The van der Waals surface area contributed by atoms with E-state index in [0.717, 1.165) is 5.56 Å². The van der Waals surface area contributed by atoms with Crippen molar-refractivity contribution in [1.29, 1.82) is 0 Å². The highest BCUT2D eigenvalue weighted by Crippen LogP contribution is 2.19. The van der Waals surface area contributed by atoms with Crippen LogP contribution in [0, 0.1) is 6.92 Å². The third-order valence-electron chi connectivity index (χ3n) is 1.79. The lowest BCUT2D eigenvalue weighted by atomic mass is 10.2. The topological polar surface area (TPSA) is 67.2 Å². The van der Waals surface area contributed by atoms with Crippen molar-refractivity contribution in [2.75, 3.05) is 17.6 Å². The average molecular weight is 193 g/mol. The van der Waals surface area contributed by atoms with Crippen molar-refractivity contribution in [1.82, 2.24) is 5.32 Å². The van der Waals surface area contributed by atoms with E-state index in [1.54, 1.807) is 6.07 Å². The Hall–Kier alpha value is -1.71. The molecule has 0 aliphatic heterocycles. The van der Waals surface area contributed by atoms with E-state index in [1.807, 2.05) is 26.0 Å². The number of nitrogens with one attached hydrogen (secondary N) is 2. The Balaban J connectivity index is 2.75. The summed E-state index contributed by atoms with van der Waals surface area (Å²) >= 11 is 0. The molecule has 0 fully saturated rings. The second-order valence-corrected chi connectivity index (χ2v) is 3.08. The summed E-state index contributed by atoms with van der Waals surface area (Å²) in [4.78, 5) is 11.2. The number of benzene rings is 1. The summed E-state index contributed by atoms with van der Waals surface area (Å²) in [5, 5.41) is 5.31. The molecule has 0 spiro atoms. The summed E-state index contributed by atoms with van der Waals surface area (Å²) in [5.41, 5.74) is 7.97. The van der Waals surface area contributed by atoms with Gasteiger partial charge in [0.05, 0.1) is 11.4 Å². The first kappa shape index (κ1) is 10.4. The van der Waals surface area contributed by atoms with Gasteiger partial charge in [-0.3, -0.25) is 0 Å². The van der Waals surface area contributed by atoms with Gasteiger partial charge >= 0.3 is 6.03 Å². The molecule has 0 aliphatic carbocycles. The summed E-state index contributed by atoms with van der Waals surface area (Å²) in [5.74, 6) is 0. The van der Waals surface area contributed by atoms with Crippen LogP contribution in [0.25, 0.3) is 0 Å². The first-order chi connectivity index (χ1) is 6.63. The van der Waals surface area contributed by atoms with Crippen molar-refractivity contribution in [3.05, 3.63) is 23.8 Å². The monoisotopic (exact) mass is 193 g/mol. The Labute approximate surface area is 83.5 Å². The molecule has 14 heavy (non-hydrogen) atoms. The molecule has 0 radical (unpaired) electrons. The van der Waals surface area contributed by atoms with E-state index in [9.17, 15) is 4.79 Å². The molecule has 4 nitrogen and oxygen atoms in total. The van der Waals surface area contributed by atoms with E-state index >= 15 is 0 Å². The maximum atomic E-state index is 11.2. The van der Waals surface area contributed by atoms with Crippen LogP contribution in [0.2, 0.25) is 0 Å². The Morgan fingerprint density at radius 1 is 1.50 bits per heavy atom. The predicted molar refractivity (Wildman–Crippen MR) is 58.3 cm³/mol. The fourth-order valence-corrected chi connectivity index (χ4v) is 1.11. The van der Waals surface area contributed by atoms with Crippen LogP contribution in [0.1, 0.15) is 12.5 Å². The molecule has 2 amide bonds. The highest BCUT2D eigenvalue weighted by atomic mass is 16.2. The van der Waals surface area contributed by atoms with Crippen molar-refractivity contribution >= 4 is 17.4 Å². The molecule has 4 N–H and O–H groups in total. The summed E-state index contributed by atoms with van der Waals surface area (Å²) in [7, 11) is 0. The van der Waals surface area contributed by atoms with E-state index in [2.05, 4.69) is 10.6 Å². The summed E-state index contributed by atoms with van der Waals surface area (Å²) < 4.78 is 0. The van der Waals surface area contributed by atoms with Crippen molar-refractivity contribution in [3.8, 4) is 0 Å². The normalized spacial score (nSPS) is 9.57. The number of nitrogens with two attached hydrogens (primary N) is 1. The number of nitrogen functional groups attached to an aromatic ring is 1. The molecule has 76 valence electrons. The number of rotatable bonds is 2. The van der Waals surface area contributed by atoms with Crippen molar-refractivity contribution in [2.24, 2.45) is 0 Å². The number of carbonyl (C=O) groups is 1. The number of carbonyl (C=O) groups excluding carboxylic acids is 1. The minimum absolute atomic E-state index is 0.232. The van der Waals surface area contributed by atoms with Gasteiger partial charge in [0, 0.05) is 6.54 Å². The Morgan fingerprint density at radius 2 is 2.21 bits per heavy atom. The first-order valence-corrected chi connectivity index (χ1v) is 4.54. The van der Waals surface area contributed by atoms with Gasteiger partial charge in [-0.2, -0.15) is 0 Å². The first-order valence-electron chi connectivity index (χ1n) is 4.54. The molecule has 0 bridgehead atoms.